The topological polar surface area (TPSA) is 32.3 Å². The van der Waals surface area contributed by atoms with Crippen LogP contribution in [0.5, 0.6) is 5.75 Å². The average Bonchev–Trinajstić information content (AvgIpc) is 2.40. The third kappa shape index (κ3) is 3.91. The molecule has 2 aromatic carbocycles. The summed E-state index contributed by atoms with van der Waals surface area (Å²) in [5, 5.41) is 14.2. The van der Waals surface area contributed by atoms with Crippen LogP contribution < -0.4 is 5.32 Å². The number of hydrogen-bond donors (Lipinski definition) is 2. The molecule has 2 rings (SSSR count). The van der Waals surface area contributed by atoms with Gasteiger partial charge in [-0.1, -0.05) is 47.0 Å². The molecule has 1 atom stereocenters. The Hall–Kier alpha value is -1.22. The molecule has 0 aromatic heterocycles. The van der Waals surface area contributed by atoms with Gasteiger partial charge in [0.1, 0.15) is 5.75 Å². The largest absolute Gasteiger partial charge is 0.506 e. The number of phenols is 1. The Kier molecular flexibility index (Phi) is 5.15. The molecule has 2 nitrogen and oxygen atoms in total. The number of aromatic hydroxyl groups is 1. The van der Waals surface area contributed by atoms with Crippen LogP contribution in [0.4, 0.5) is 0 Å². The van der Waals surface area contributed by atoms with E-state index in [0.717, 1.165) is 0 Å². The Labute approximate surface area is 135 Å². The van der Waals surface area contributed by atoms with E-state index in [1.54, 1.807) is 6.07 Å². The van der Waals surface area contributed by atoms with Crippen LogP contribution in [0.1, 0.15) is 35.2 Å². The Balaban J connectivity index is 2.12. The predicted octanol–water partition coefficient (Wildman–Crippen LogP) is 5.17. The molecule has 0 heterocycles. The van der Waals surface area contributed by atoms with Crippen molar-refractivity contribution in [2.24, 2.45) is 0 Å². The maximum absolute atomic E-state index is 9.97. The maximum atomic E-state index is 9.97. The second-order valence-electron chi connectivity index (χ2n) is 5.36. The molecule has 0 fully saturated rings. The van der Waals surface area contributed by atoms with Gasteiger partial charge in [-0.15, -0.1) is 0 Å². The predicted molar refractivity (Wildman–Crippen MR) is 89.3 cm³/mol. The summed E-state index contributed by atoms with van der Waals surface area (Å²) in [6.45, 7) is 6.79. The fourth-order valence-electron chi connectivity index (χ4n) is 2.44. The first-order chi connectivity index (χ1) is 9.88. The number of hydrogen-bond acceptors (Lipinski definition) is 2. The van der Waals surface area contributed by atoms with E-state index in [2.05, 4.69) is 44.3 Å². The van der Waals surface area contributed by atoms with Crippen molar-refractivity contribution in [3.05, 3.63) is 62.6 Å². The van der Waals surface area contributed by atoms with Gasteiger partial charge in [0.15, 0.2) is 0 Å². The lowest BCUT2D eigenvalue weighted by molar-refractivity contribution is 0.460. The highest BCUT2D eigenvalue weighted by Gasteiger charge is 2.11. The quantitative estimate of drug-likeness (QED) is 0.813. The van der Waals surface area contributed by atoms with Crippen LogP contribution >= 0.6 is 23.2 Å². The molecule has 2 N–H and O–H groups in total. The SMILES string of the molecule is Cc1ccc(C(C)NCc2cc(Cl)cc(Cl)c2O)c(C)c1. The molecule has 4 heteroatoms. The Morgan fingerprint density at radius 2 is 1.86 bits per heavy atom. The summed E-state index contributed by atoms with van der Waals surface area (Å²) in [6.07, 6.45) is 0. The molecular formula is C17H19Cl2NO. The van der Waals surface area contributed by atoms with Crippen molar-refractivity contribution in [2.45, 2.75) is 33.4 Å². The average molecular weight is 324 g/mol. The summed E-state index contributed by atoms with van der Waals surface area (Å²) in [5.41, 5.74) is 4.45. The van der Waals surface area contributed by atoms with Crippen LogP contribution in [-0.2, 0) is 6.54 Å². The van der Waals surface area contributed by atoms with Crippen molar-refractivity contribution in [3.8, 4) is 5.75 Å². The van der Waals surface area contributed by atoms with E-state index in [0.29, 0.717) is 17.1 Å². The van der Waals surface area contributed by atoms with E-state index in [1.807, 2.05) is 0 Å². The highest BCUT2D eigenvalue weighted by Crippen LogP contribution is 2.31. The molecule has 0 radical (unpaired) electrons. The lowest BCUT2D eigenvalue weighted by atomic mass is 10.00. The number of aryl methyl sites for hydroxylation is 2. The van der Waals surface area contributed by atoms with Gasteiger partial charge >= 0.3 is 0 Å². The van der Waals surface area contributed by atoms with Gasteiger partial charge < -0.3 is 10.4 Å². The van der Waals surface area contributed by atoms with Gasteiger partial charge in [0.2, 0.25) is 0 Å². The number of benzene rings is 2. The van der Waals surface area contributed by atoms with Crippen LogP contribution in [0.3, 0.4) is 0 Å². The minimum atomic E-state index is 0.0846. The zero-order valence-electron chi connectivity index (χ0n) is 12.4. The molecule has 0 aliphatic carbocycles. The van der Waals surface area contributed by atoms with Crippen molar-refractivity contribution in [3.63, 3.8) is 0 Å². The summed E-state index contributed by atoms with van der Waals surface area (Å²) in [5.74, 6) is 0.0846. The number of phenolic OH excluding ortho intramolecular Hbond substituents is 1. The minimum absolute atomic E-state index is 0.0846. The summed E-state index contributed by atoms with van der Waals surface area (Å²) in [7, 11) is 0. The molecule has 0 aliphatic heterocycles. The van der Waals surface area contributed by atoms with Crippen molar-refractivity contribution < 1.29 is 5.11 Å². The summed E-state index contributed by atoms with van der Waals surface area (Å²) in [4.78, 5) is 0. The van der Waals surface area contributed by atoms with Crippen molar-refractivity contribution >= 4 is 23.2 Å². The number of rotatable bonds is 4. The first kappa shape index (κ1) is 16.2. The second kappa shape index (κ2) is 6.69. The molecule has 0 aliphatic rings. The van der Waals surface area contributed by atoms with Gasteiger partial charge in [-0.3, -0.25) is 0 Å². The van der Waals surface area contributed by atoms with E-state index < -0.39 is 0 Å². The normalized spacial score (nSPS) is 12.4. The summed E-state index contributed by atoms with van der Waals surface area (Å²) < 4.78 is 0. The molecule has 2 aromatic rings. The second-order valence-corrected chi connectivity index (χ2v) is 6.20. The third-order valence-electron chi connectivity index (χ3n) is 3.60. The molecule has 21 heavy (non-hydrogen) atoms. The Morgan fingerprint density at radius 3 is 2.52 bits per heavy atom. The smallest absolute Gasteiger partial charge is 0.138 e. The van der Waals surface area contributed by atoms with E-state index in [4.69, 9.17) is 23.2 Å². The first-order valence-electron chi connectivity index (χ1n) is 6.86. The van der Waals surface area contributed by atoms with Gasteiger partial charge in [-0.25, -0.2) is 0 Å². The minimum Gasteiger partial charge on any atom is -0.506 e. The molecule has 0 saturated carbocycles. The van der Waals surface area contributed by atoms with Gasteiger partial charge in [-0.2, -0.15) is 0 Å². The van der Waals surface area contributed by atoms with Crippen LogP contribution in [0, 0.1) is 13.8 Å². The number of nitrogens with one attached hydrogen (secondary N) is 1. The van der Waals surface area contributed by atoms with Crippen LogP contribution in [-0.4, -0.2) is 5.11 Å². The third-order valence-corrected chi connectivity index (χ3v) is 4.10. The highest BCUT2D eigenvalue weighted by atomic mass is 35.5. The van der Waals surface area contributed by atoms with Gasteiger partial charge in [0, 0.05) is 23.2 Å². The van der Waals surface area contributed by atoms with Crippen LogP contribution in [0.25, 0.3) is 0 Å². The van der Waals surface area contributed by atoms with E-state index in [9.17, 15) is 5.11 Å². The summed E-state index contributed by atoms with van der Waals surface area (Å²) in [6, 6.07) is 9.84. The van der Waals surface area contributed by atoms with E-state index in [-0.39, 0.29) is 16.8 Å². The van der Waals surface area contributed by atoms with Crippen LogP contribution in [0.15, 0.2) is 30.3 Å². The summed E-state index contributed by atoms with van der Waals surface area (Å²) >= 11 is 11.9. The maximum Gasteiger partial charge on any atom is 0.138 e. The van der Waals surface area contributed by atoms with Gasteiger partial charge in [0.05, 0.1) is 5.02 Å². The molecule has 0 saturated heterocycles. The fourth-order valence-corrected chi connectivity index (χ4v) is 2.97. The van der Waals surface area contributed by atoms with Gasteiger partial charge in [-0.05, 0) is 44.0 Å². The molecule has 0 bridgehead atoms. The van der Waals surface area contributed by atoms with E-state index >= 15 is 0 Å². The lowest BCUT2D eigenvalue weighted by Crippen LogP contribution is -2.19. The van der Waals surface area contributed by atoms with Crippen molar-refractivity contribution in [1.29, 1.82) is 0 Å². The fraction of sp³-hybridized carbons (Fsp3) is 0.294. The van der Waals surface area contributed by atoms with Gasteiger partial charge in [0.25, 0.3) is 0 Å². The Morgan fingerprint density at radius 1 is 1.14 bits per heavy atom. The molecular weight excluding hydrogens is 305 g/mol. The zero-order valence-corrected chi connectivity index (χ0v) is 13.9. The van der Waals surface area contributed by atoms with Crippen molar-refractivity contribution in [2.75, 3.05) is 0 Å². The number of halogens is 2. The molecule has 0 spiro atoms. The molecule has 112 valence electrons. The standard InChI is InChI=1S/C17H19Cl2NO/c1-10-4-5-15(11(2)6-10)12(3)20-9-13-7-14(18)8-16(19)17(13)21/h4-8,12,20-21H,9H2,1-3H3. The zero-order chi connectivity index (χ0) is 15.6. The van der Waals surface area contributed by atoms with Crippen LogP contribution in [0.2, 0.25) is 10.0 Å². The molecule has 1 unspecified atom stereocenters. The monoisotopic (exact) mass is 323 g/mol. The lowest BCUT2D eigenvalue weighted by Gasteiger charge is -2.18. The van der Waals surface area contributed by atoms with Crippen molar-refractivity contribution in [1.82, 2.24) is 5.32 Å². The Bertz CT molecular complexity index is 655. The highest BCUT2D eigenvalue weighted by molar-refractivity contribution is 6.35. The van der Waals surface area contributed by atoms with E-state index in [1.165, 1.54) is 22.8 Å². The first-order valence-corrected chi connectivity index (χ1v) is 7.61. The molecule has 0 amide bonds.